The molecule has 0 aliphatic carbocycles. The predicted molar refractivity (Wildman–Crippen MR) is 299 cm³/mol. The van der Waals surface area contributed by atoms with Crippen molar-refractivity contribution in [3.05, 3.63) is 141 Å². The van der Waals surface area contributed by atoms with Crippen molar-refractivity contribution >= 4 is 72.3 Å². The number of benzene rings is 5. The van der Waals surface area contributed by atoms with E-state index in [1.165, 1.54) is 38.3 Å². The van der Waals surface area contributed by atoms with Crippen molar-refractivity contribution < 1.29 is 46.0 Å². The molecule has 3 atom stereocenters. The minimum absolute atomic E-state index is 0.00214. The number of methoxy groups -OCH3 is 1. The molecule has 0 radical (unpaired) electrons. The van der Waals surface area contributed by atoms with Gasteiger partial charge in [-0.15, -0.1) is 0 Å². The highest BCUT2D eigenvalue weighted by molar-refractivity contribution is 8.77. The van der Waals surface area contributed by atoms with Gasteiger partial charge in [-0.2, -0.15) is 8.42 Å². The molecule has 402 valence electrons. The first-order valence-corrected chi connectivity index (χ1v) is 29.3. The molecule has 9 rings (SSSR count). The van der Waals surface area contributed by atoms with Gasteiger partial charge in [0.25, 0.3) is 21.9 Å². The molecular weight excluding hydrogens is 1020 g/mol. The van der Waals surface area contributed by atoms with E-state index in [1.807, 2.05) is 92.2 Å². The van der Waals surface area contributed by atoms with Crippen LogP contribution in [0.2, 0.25) is 0 Å². The molecule has 4 aliphatic rings. The van der Waals surface area contributed by atoms with Gasteiger partial charge in [-0.1, -0.05) is 70.1 Å². The summed E-state index contributed by atoms with van der Waals surface area (Å²) in [7, 11) is 3.46. The highest BCUT2D eigenvalue weighted by Crippen LogP contribution is 2.41. The zero-order valence-corrected chi connectivity index (χ0v) is 46.3. The fourth-order valence-corrected chi connectivity index (χ4v) is 14.4. The molecule has 0 bridgehead atoms. The topological polar surface area (TPSA) is 199 Å². The molecular formula is C57H66N6O10S3. The summed E-state index contributed by atoms with van der Waals surface area (Å²) in [5, 5.41) is 5.28. The molecule has 5 aromatic rings. The first kappa shape index (κ1) is 54.5. The normalized spacial score (nSPS) is 17.3. The number of rotatable bonds is 20. The van der Waals surface area contributed by atoms with Crippen LogP contribution >= 0.6 is 21.6 Å². The van der Waals surface area contributed by atoms with Crippen molar-refractivity contribution in [1.29, 1.82) is 0 Å². The standard InChI is InChI=1S/C57H66N6O10S3/c1-35-19-46-48(61(4)32-44-24-39-12-8-10-14-41(39)31-63(44)56(46)67)27-50(35)72-33-36-20-37(22-42(21-36)60-54(65)15-17-57(2,3)75-74-18-16-53(49(64)28-58)76(68,69)71-6)34-73-52-26-47-45(25-51(52)70-5)55(66)62-30-40-13-9-7-11-38(40)23-43(62)29-59-47/h7-14,19-22,25-27,43-44,53,59H,15-18,23-24,28-34,58H2,1-6H3,(H,60,65)/t43-,44-,53?/m0/s1. The quantitative estimate of drug-likeness (QED) is 0.0382. The van der Waals surface area contributed by atoms with Gasteiger partial charge in [0.05, 0.1) is 55.3 Å². The van der Waals surface area contributed by atoms with Crippen LogP contribution in [-0.2, 0) is 63.0 Å². The zero-order chi connectivity index (χ0) is 53.9. The van der Waals surface area contributed by atoms with Crippen LogP contribution in [0.5, 0.6) is 17.2 Å². The maximum Gasteiger partial charge on any atom is 0.277 e. The van der Waals surface area contributed by atoms with Crippen LogP contribution in [0.15, 0.2) is 91.0 Å². The number of nitrogens with two attached hydrogens (primary N) is 1. The second kappa shape index (κ2) is 23.2. The summed E-state index contributed by atoms with van der Waals surface area (Å²) in [5.74, 6) is 0.948. The third-order valence-electron chi connectivity index (χ3n) is 14.7. The lowest BCUT2D eigenvalue weighted by atomic mass is 9.93. The van der Waals surface area contributed by atoms with Crippen LogP contribution in [0.3, 0.4) is 0 Å². The van der Waals surface area contributed by atoms with Crippen LogP contribution in [0.4, 0.5) is 17.1 Å². The minimum atomic E-state index is -4.08. The summed E-state index contributed by atoms with van der Waals surface area (Å²) >= 11 is 0. The molecule has 3 amide bonds. The number of likely N-dealkylation sites (N-methyl/N-ethyl adjacent to an activating group) is 1. The van der Waals surface area contributed by atoms with Crippen molar-refractivity contribution in [2.45, 2.75) is 101 Å². The maximum atomic E-state index is 14.2. The molecule has 19 heteroatoms. The number of nitrogens with zero attached hydrogens (tertiary/aromatic N) is 3. The van der Waals surface area contributed by atoms with Gasteiger partial charge in [0.1, 0.15) is 24.2 Å². The van der Waals surface area contributed by atoms with Crippen molar-refractivity contribution in [2.75, 3.05) is 62.2 Å². The van der Waals surface area contributed by atoms with E-state index in [0.29, 0.717) is 78.1 Å². The number of hydrogen-bond acceptors (Lipinski definition) is 15. The third kappa shape index (κ3) is 12.1. The largest absolute Gasteiger partial charge is 0.493 e. The van der Waals surface area contributed by atoms with Crippen molar-refractivity contribution in [1.82, 2.24) is 9.80 Å². The molecule has 1 unspecified atom stereocenters. The molecule has 5 aromatic carbocycles. The molecule has 0 aromatic heterocycles. The van der Waals surface area contributed by atoms with Crippen LogP contribution in [0.1, 0.15) is 92.8 Å². The van der Waals surface area contributed by atoms with E-state index in [0.717, 1.165) is 47.9 Å². The Kier molecular flexibility index (Phi) is 16.6. The minimum Gasteiger partial charge on any atom is -0.493 e. The summed E-state index contributed by atoms with van der Waals surface area (Å²) in [6.07, 6.45) is 2.27. The summed E-state index contributed by atoms with van der Waals surface area (Å²) in [4.78, 5) is 60.5. The Morgan fingerprint density at radius 3 is 2.08 bits per heavy atom. The number of carbonyl (C=O) groups is 4. The van der Waals surface area contributed by atoms with Gasteiger partial charge in [0.15, 0.2) is 17.3 Å². The number of aryl methyl sites for hydroxylation is 1. The van der Waals surface area contributed by atoms with Crippen molar-refractivity contribution in [3.8, 4) is 17.2 Å². The van der Waals surface area contributed by atoms with Gasteiger partial charge >= 0.3 is 0 Å². The van der Waals surface area contributed by atoms with Crippen LogP contribution in [-0.4, -0.2) is 110 Å². The summed E-state index contributed by atoms with van der Waals surface area (Å²) in [5.41, 5.74) is 15.8. The molecule has 0 fully saturated rings. The lowest BCUT2D eigenvalue weighted by Gasteiger charge is -2.36. The lowest BCUT2D eigenvalue weighted by molar-refractivity contribution is -0.117. The molecule has 16 nitrogen and oxygen atoms in total. The van der Waals surface area contributed by atoms with Crippen molar-refractivity contribution in [3.63, 3.8) is 0 Å². The molecule has 0 saturated heterocycles. The number of hydrogen-bond donors (Lipinski definition) is 3. The molecule has 4 N–H and O–H groups in total. The SMILES string of the molecule is COc1cc2c(cc1OCc1cc(COc3cc4c(cc3C)C(=O)N3Cc5ccccc5C[C@H]3CN4C)cc(NC(=O)CCC(C)(C)SSCCC(C(=O)CN)S(=O)(=O)OC)c1)NC[C@@H]1Cc3ccccc3CN1C2=O. The molecule has 76 heavy (non-hydrogen) atoms. The highest BCUT2D eigenvalue weighted by Gasteiger charge is 2.38. The Hall–Kier alpha value is -6.25. The Bertz CT molecular complexity index is 3150. The number of ketones is 1. The van der Waals surface area contributed by atoms with E-state index >= 15 is 0 Å². The van der Waals surface area contributed by atoms with Crippen LogP contribution in [0.25, 0.3) is 0 Å². The number of amides is 3. The third-order valence-corrected chi connectivity index (χ3v) is 19.7. The molecule has 0 saturated carbocycles. The molecule has 0 spiro atoms. The predicted octanol–water partition coefficient (Wildman–Crippen LogP) is 8.31. The summed E-state index contributed by atoms with van der Waals surface area (Å²) in [6, 6.07) is 29.7. The Morgan fingerprint density at radius 1 is 0.816 bits per heavy atom. The zero-order valence-electron chi connectivity index (χ0n) is 43.8. The van der Waals surface area contributed by atoms with E-state index in [4.69, 9.17) is 19.9 Å². The number of carbonyl (C=O) groups excluding carboxylic acids is 4. The fourth-order valence-electron chi connectivity index (χ4n) is 10.5. The average Bonchev–Trinajstić information content (AvgIpc) is 3.60. The second-order valence-electron chi connectivity index (χ2n) is 20.5. The van der Waals surface area contributed by atoms with E-state index in [9.17, 15) is 27.6 Å². The van der Waals surface area contributed by atoms with Gasteiger partial charge in [-0.3, -0.25) is 23.4 Å². The van der Waals surface area contributed by atoms with Gasteiger partial charge in [0, 0.05) is 68.0 Å². The maximum absolute atomic E-state index is 14.2. The van der Waals surface area contributed by atoms with E-state index < -0.39 is 27.7 Å². The fraction of sp³-hybridized carbons (Fsp3) is 0.404. The first-order chi connectivity index (χ1) is 36.4. The Balaban J connectivity index is 0.916. The first-order valence-electron chi connectivity index (χ1n) is 25.5. The Morgan fingerprint density at radius 2 is 1.43 bits per heavy atom. The number of fused-ring (bicyclic) bond motifs is 6. The average molecular weight is 1090 g/mol. The smallest absolute Gasteiger partial charge is 0.277 e. The van der Waals surface area contributed by atoms with E-state index in [1.54, 1.807) is 13.2 Å². The highest BCUT2D eigenvalue weighted by atomic mass is 33.1. The van der Waals surface area contributed by atoms with Gasteiger partial charge in [0.2, 0.25) is 5.91 Å². The molecule has 4 aliphatic heterocycles. The van der Waals surface area contributed by atoms with Crippen LogP contribution in [0, 0.1) is 6.92 Å². The van der Waals surface area contributed by atoms with Gasteiger partial charge < -0.3 is 45.3 Å². The molecule has 4 heterocycles. The van der Waals surface area contributed by atoms with Crippen molar-refractivity contribution in [2.24, 2.45) is 5.73 Å². The Labute approximate surface area is 453 Å². The van der Waals surface area contributed by atoms with Gasteiger partial charge in [-0.05, 0) is 116 Å². The number of Topliss-reactive ketones (excluding diaryl/α,β-unsaturated/α-hetero) is 1. The monoisotopic (exact) mass is 1090 g/mol. The summed E-state index contributed by atoms with van der Waals surface area (Å²) < 4.78 is 47.9. The second-order valence-corrected chi connectivity index (χ2v) is 25.5. The number of anilines is 3. The summed E-state index contributed by atoms with van der Waals surface area (Å²) in [6.45, 7) is 8.11. The van der Waals surface area contributed by atoms with Gasteiger partial charge in [-0.25, -0.2) is 0 Å². The van der Waals surface area contributed by atoms with Crippen LogP contribution < -0.4 is 35.5 Å². The number of nitrogens with one attached hydrogen (secondary N) is 2. The van der Waals surface area contributed by atoms with E-state index in [-0.39, 0.29) is 60.6 Å². The lowest BCUT2D eigenvalue weighted by Crippen LogP contribution is -2.47. The van der Waals surface area contributed by atoms with E-state index in [2.05, 4.69) is 50.0 Å². The number of ether oxygens (including phenoxy) is 3.